The Morgan fingerprint density at radius 2 is 1.78 bits per heavy atom. The lowest BCUT2D eigenvalue weighted by Crippen LogP contribution is -2.61. The monoisotopic (exact) mass is 398 g/mol. The normalized spacial score (nSPS) is 51.1. The van der Waals surface area contributed by atoms with Gasteiger partial charge in [-0.2, -0.15) is 0 Å². The van der Waals surface area contributed by atoms with Crippen LogP contribution in [0, 0.1) is 0 Å². The lowest BCUT2D eigenvalue weighted by atomic mass is 10.0. The molecule has 2 saturated heterocycles. The molecule has 2 rings (SSSR count). The van der Waals surface area contributed by atoms with Gasteiger partial charge < -0.3 is 34.6 Å². The number of hydrogen-bond donors (Lipinski definition) is 4. The molecule has 4 N–H and O–H groups in total. The summed E-state index contributed by atoms with van der Waals surface area (Å²) in [5, 5.41) is 38.0. The zero-order chi connectivity index (χ0) is 17.4. The Morgan fingerprint density at radius 3 is 2.26 bits per heavy atom. The average molecular weight is 400 g/mol. The molecule has 0 radical (unpaired) electrons. The molecular formula is C12H18Cl3FO7. The second kappa shape index (κ2) is 7.82. The fraction of sp³-hybridized carbons (Fsp3) is 1.00. The number of ether oxygens (including phenoxy) is 3. The molecule has 7 nitrogen and oxygen atoms in total. The van der Waals surface area contributed by atoms with Gasteiger partial charge in [-0.15, -0.1) is 34.8 Å². The van der Waals surface area contributed by atoms with E-state index in [9.17, 15) is 24.8 Å². The zero-order valence-electron chi connectivity index (χ0n) is 11.8. The maximum absolute atomic E-state index is 14.0. The van der Waals surface area contributed by atoms with Gasteiger partial charge >= 0.3 is 0 Å². The summed E-state index contributed by atoms with van der Waals surface area (Å²) >= 11 is 17.2. The van der Waals surface area contributed by atoms with Crippen molar-refractivity contribution in [1.82, 2.24) is 0 Å². The van der Waals surface area contributed by atoms with Crippen LogP contribution in [0.2, 0.25) is 0 Å². The molecule has 2 heterocycles. The van der Waals surface area contributed by atoms with E-state index in [1.54, 1.807) is 0 Å². The van der Waals surface area contributed by atoms with Crippen LogP contribution in [0.5, 0.6) is 0 Å². The van der Waals surface area contributed by atoms with Crippen LogP contribution < -0.4 is 0 Å². The molecule has 0 aliphatic carbocycles. The largest absolute Gasteiger partial charge is 0.394 e. The molecular weight excluding hydrogens is 381 g/mol. The first-order valence-corrected chi connectivity index (χ1v) is 8.38. The molecule has 0 aromatic heterocycles. The van der Waals surface area contributed by atoms with Gasteiger partial charge in [0.2, 0.25) is 5.79 Å². The smallest absolute Gasteiger partial charge is 0.214 e. The highest BCUT2D eigenvalue weighted by atomic mass is 35.5. The quantitative estimate of drug-likeness (QED) is 0.454. The molecule has 0 amide bonds. The van der Waals surface area contributed by atoms with Gasteiger partial charge in [0.05, 0.1) is 23.7 Å². The third-order valence-electron chi connectivity index (χ3n) is 3.91. The topological polar surface area (TPSA) is 109 Å². The predicted octanol–water partition coefficient (Wildman–Crippen LogP) is -0.679. The fourth-order valence-corrected chi connectivity index (χ4v) is 3.33. The van der Waals surface area contributed by atoms with E-state index < -0.39 is 66.6 Å². The van der Waals surface area contributed by atoms with Gasteiger partial charge in [0.25, 0.3) is 0 Å². The number of aliphatic hydroxyl groups is 4. The van der Waals surface area contributed by atoms with Crippen molar-refractivity contribution in [2.75, 3.05) is 18.4 Å². The zero-order valence-corrected chi connectivity index (χ0v) is 14.0. The van der Waals surface area contributed by atoms with Crippen LogP contribution in [0.3, 0.4) is 0 Å². The molecule has 9 atom stereocenters. The van der Waals surface area contributed by atoms with Crippen LogP contribution in [-0.2, 0) is 14.2 Å². The summed E-state index contributed by atoms with van der Waals surface area (Å²) in [5.74, 6) is -2.76. The van der Waals surface area contributed by atoms with Crippen molar-refractivity contribution >= 4 is 34.8 Å². The Morgan fingerprint density at radius 1 is 1.13 bits per heavy atom. The van der Waals surface area contributed by atoms with Crippen LogP contribution >= 0.6 is 34.8 Å². The van der Waals surface area contributed by atoms with Crippen molar-refractivity contribution in [3.05, 3.63) is 0 Å². The van der Waals surface area contributed by atoms with Crippen LogP contribution in [0.4, 0.5) is 4.39 Å². The van der Waals surface area contributed by atoms with E-state index in [-0.39, 0.29) is 5.88 Å². The minimum absolute atomic E-state index is 0.250. The van der Waals surface area contributed by atoms with Crippen molar-refractivity contribution in [1.29, 1.82) is 0 Å². The molecule has 2 fully saturated rings. The Bertz CT molecular complexity index is 407. The summed E-state index contributed by atoms with van der Waals surface area (Å²) in [7, 11) is 0. The molecule has 2 aliphatic heterocycles. The molecule has 0 spiro atoms. The fourth-order valence-electron chi connectivity index (χ4n) is 2.53. The summed E-state index contributed by atoms with van der Waals surface area (Å²) in [4.78, 5) is 0. The minimum atomic E-state index is -2.02. The highest BCUT2D eigenvalue weighted by Crippen LogP contribution is 2.39. The van der Waals surface area contributed by atoms with Gasteiger partial charge in [-0.05, 0) is 0 Å². The van der Waals surface area contributed by atoms with Gasteiger partial charge in [0.15, 0.2) is 12.5 Å². The maximum Gasteiger partial charge on any atom is 0.214 e. The van der Waals surface area contributed by atoms with Gasteiger partial charge in [-0.25, -0.2) is 4.39 Å². The summed E-state index contributed by atoms with van der Waals surface area (Å²) < 4.78 is 29.9. The van der Waals surface area contributed by atoms with E-state index in [4.69, 9.17) is 49.0 Å². The first kappa shape index (κ1) is 19.8. The number of rotatable bonds is 5. The lowest BCUT2D eigenvalue weighted by molar-refractivity contribution is -0.357. The average Bonchev–Trinajstić information content (AvgIpc) is 2.80. The minimum Gasteiger partial charge on any atom is -0.394 e. The first-order valence-electron chi connectivity index (χ1n) is 6.87. The lowest BCUT2D eigenvalue weighted by Gasteiger charge is -2.43. The standard InChI is InChI=1S/C12H18Cl3FO7/c13-1-4-7(16)10(20)12(3-14,22-4)23-11-9(19)8(18)6(15)5(2-17)21-11/h4-11,17-20H,1-3H2/t4-,5-,6+,7-,8+,9-,10+,11-,12+/m1/s1. The molecule has 2 aliphatic rings. The molecule has 0 unspecified atom stereocenters. The number of alkyl halides is 4. The van der Waals surface area contributed by atoms with E-state index >= 15 is 0 Å². The second-order valence-corrected chi connectivity index (χ2v) is 6.49. The molecule has 23 heavy (non-hydrogen) atoms. The number of halogens is 4. The van der Waals surface area contributed by atoms with Gasteiger partial charge in [-0.3, -0.25) is 0 Å². The Hall–Kier alpha value is 0.520. The van der Waals surface area contributed by atoms with Crippen molar-refractivity contribution < 1.29 is 39.0 Å². The van der Waals surface area contributed by atoms with Crippen LogP contribution in [0.1, 0.15) is 0 Å². The van der Waals surface area contributed by atoms with Crippen molar-refractivity contribution in [3.8, 4) is 0 Å². The van der Waals surface area contributed by atoms with Crippen molar-refractivity contribution in [3.63, 3.8) is 0 Å². The second-order valence-electron chi connectivity index (χ2n) is 5.41. The third kappa shape index (κ3) is 3.57. The van der Waals surface area contributed by atoms with Gasteiger partial charge in [-0.1, -0.05) is 0 Å². The Kier molecular flexibility index (Phi) is 6.75. The molecule has 0 saturated carbocycles. The summed E-state index contributed by atoms with van der Waals surface area (Å²) in [6.07, 6.45) is -10.5. The summed E-state index contributed by atoms with van der Waals surface area (Å²) in [5.41, 5.74) is 0. The number of hydrogen-bond acceptors (Lipinski definition) is 7. The maximum atomic E-state index is 14.0. The summed E-state index contributed by atoms with van der Waals surface area (Å²) in [6, 6.07) is 0. The van der Waals surface area contributed by atoms with Crippen LogP contribution in [0.25, 0.3) is 0 Å². The van der Waals surface area contributed by atoms with Gasteiger partial charge in [0.1, 0.15) is 30.5 Å². The van der Waals surface area contributed by atoms with Crippen LogP contribution in [-0.4, -0.2) is 92.9 Å². The van der Waals surface area contributed by atoms with E-state index in [1.165, 1.54) is 0 Å². The SMILES string of the molecule is OC[C@H]1O[C@H](O[C@]2(CCl)O[C@H](CCl)[C@@H](F)[C@@H]2O)[C@H](O)[C@@H](O)[C@H]1Cl. The highest BCUT2D eigenvalue weighted by molar-refractivity contribution is 6.21. The Balaban J connectivity index is 2.18. The van der Waals surface area contributed by atoms with Crippen LogP contribution in [0.15, 0.2) is 0 Å². The van der Waals surface area contributed by atoms with Gasteiger partial charge in [0, 0.05) is 0 Å². The van der Waals surface area contributed by atoms with E-state index in [0.29, 0.717) is 0 Å². The highest BCUT2D eigenvalue weighted by Gasteiger charge is 2.58. The molecule has 0 aromatic carbocycles. The van der Waals surface area contributed by atoms with Crippen molar-refractivity contribution in [2.24, 2.45) is 0 Å². The van der Waals surface area contributed by atoms with E-state index in [2.05, 4.69) is 0 Å². The molecule has 136 valence electrons. The third-order valence-corrected chi connectivity index (χ3v) is 5.13. The molecule has 0 aromatic rings. The summed E-state index contributed by atoms with van der Waals surface area (Å²) in [6.45, 7) is -0.550. The van der Waals surface area contributed by atoms with E-state index in [1.807, 2.05) is 0 Å². The molecule has 11 heteroatoms. The van der Waals surface area contributed by atoms with Crippen molar-refractivity contribution in [2.45, 2.75) is 54.1 Å². The first-order chi connectivity index (χ1) is 10.8. The van der Waals surface area contributed by atoms with E-state index in [0.717, 1.165) is 0 Å². The number of aliphatic hydroxyl groups excluding tert-OH is 4. The predicted molar refractivity (Wildman–Crippen MR) is 78.4 cm³/mol. The molecule has 0 bridgehead atoms. The Labute approximate surface area is 146 Å².